The molecule has 0 spiro atoms. The first-order chi connectivity index (χ1) is 10.5. The van der Waals surface area contributed by atoms with E-state index in [-0.39, 0.29) is 11.4 Å². The van der Waals surface area contributed by atoms with Crippen molar-refractivity contribution in [2.75, 3.05) is 10.2 Å². The molecule has 0 aromatic heterocycles. The molecule has 2 aromatic rings. The second-order valence-electron chi connectivity index (χ2n) is 4.84. The number of nitrogens with one attached hydrogen (secondary N) is 1. The number of carbonyl (C=O) groups is 3. The predicted molar refractivity (Wildman–Crippen MR) is 78.3 cm³/mol. The lowest BCUT2D eigenvalue weighted by Gasteiger charge is -2.15. The van der Waals surface area contributed by atoms with Gasteiger partial charge in [0.2, 0.25) is 5.91 Å². The zero-order chi connectivity index (χ0) is 15.9. The summed E-state index contributed by atoms with van der Waals surface area (Å²) in [5, 5.41) is 2.32. The lowest BCUT2D eigenvalue weighted by atomic mass is 10.1. The highest BCUT2D eigenvalue weighted by atomic mass is 19.1. The molecule has 0 saturated heterocycles. The number of halogens is 1. The first-order valence-electron chi connectivity index (χ1n) is 6.54. The zero-order valence-corrected chi connectivity index (χ0v) is 11.6. The molecular formula is C16H11FN2O3. The van der Waals surface area contributed by atoms with E-state index < -0.39 is 23.5 Å². The quantitative estimate of drug-likeness (QED) is 0.867. The average Bonchev–Trinajstić information content (AvgIpc) is 2.74. The number of carbonyl (C=O) groups excluding carboxylic acids is 3. The highest BCUT2D eigenvalue weighted by Gasteiger charge is 2.36. The maximum atomic E-state index is 13.7. The van der Waals surface area contributed by atoms with Crippen LogP contribution in [0, 0.1) is 5.82 Å². The number of fused-ring (bicyclic) bond motifs is 1. The molecule has 0 radical (unpaired) electrons. The molecule has 0 unspecified atom stereocenters. The summed E-state index contributed by atoms with van der Waals surface area (Å²) < 4.78 is 13.7. The molecule has 1 heterocycles. The first-order valence-corrected chi connectivity index (χ1v) is 6.54. The van der Waals surface area contributed by atoms with Gasteiger partial charge < -0.3 is 5.32 Å². The largest absolute Gasteiger partial charge is 0.324 e. The first kappa shape index (κ1) is 13.9. The number of amides is 3. The summed E-state index contributed by atoms with van der Waals surface area (Å²) in [6, 6.07) is 10.1. The topological polar surface area (TPSA) is 66.5 Å². The normalized spacial score (nSPS) is 13.3. The van der Waals surface area contributed by atoms with Gasteiger partial charge in [0.05, 0.1) is 22.5 Å². The average molecular weight is 298 g/mol. The minimum atomic E-state index is -0.643. The summed E-state index contributed by atoms with van der Waals surface area (Å²) in [6.45, 7) is 1.24. The summed E-state index contributed by atoms with van der Waals surface area (Å²) in [5.41, 5.74) is 0.730. The van der Waals surface area contributed by atoms with E-state index >= 15 is 0 Å². The lowest BCUT2D eigenvalue weighted by Crippen LogP contribution is -2.29. The molecule has 0 fully saturated rings. The van der Waals surface area contributed by atoms with Crippen molar-refractivity contribution in [3.63, 3.8) is 0 Å². The van der Waals surface area contributed by atoms with Gasteiger partial charge in [-0.05, 0) is 30.3 Å². The standard InChI is InChI=1S/C16H11FN2O3/c1-9(20)18-14-8-10(6-7-13(14)17)19-15(21)11-4-2-3-5-12(11)16(19)22/h2-8H,1H3,(H,18,20). The van der Waals surface area contributed by atoms with E-state index in [0.717, 1.165) is 11.0 Å². The molecule has 1 N–H and O–H groups in total. The molecule has 0 aliphatic carbocycles. The van der Waals surface area contributed by atoms with Crippen molar-refractivity contribution in [2.45, 2.75) is 6.92 Å². The van der Waals surface area contributed by atoms with Gasteiger partial charge >= 0.3 is 0 Å². The molecule has 110 valence electrons. The van der Waals surface area contributed by atoms with Gasteiger partial charge in [0.1, 0.15) is 5.82 Å². The number of rotatable bonds is 2. The maximum Gasteiger partial charge on any atom is 0.266 e. The third-order valence-electron chi connectivity index (χ3n) is 3.31. The van der Waals surface area contributed by atoms with Crippen LogP contribution in [-0.2, 0) is 4.79 Å². The molecule has 2 aromatic carbocycles. The van der Waals surface area contributed by atoms with Gasteiger partial charge in [-0.15, -0.1) is 0 Å². The molecule has 5 nitrogen and oxygen atoms in total. The van der Waals surface area contributed by atoms with Crippen molar-refractivity contribution in [1.82, 2.24) is 0 Å². The van der Waals surface area contributed by atoms with Gasteiger partial charge in [-0.2, -0.15) is 0 Å². The van der Waals surface area contributed by atoms with Crippen molar-refractivity contribution in [3.05, 3.63) is 59.4 Å². The van der Waals surface area contributed by atoms with Gasteiger partial charge in [-0.3, -0.25) is 14.4 Å². The van der Waals surface area contributed by atoms with Crippen LogP contribution in [0.1, 0.15) is 27.6 Å². The molecule has 0 saturated carbocycles. The van der Waals surface area contributed by atoms with Crippen molar-refractivity contribution in [2.24, 2.45) is 0 Å². The molecule has 3 amide bonds. The molecule has 6 heteroatoms. The number of nitrogens with zero attached hydrogens (tertiary/aromatic N) is 1. The second-order valence-corrected chi connectivity index (χ2v) is 4.84. The number of hydrogen-bond acceptors (Lipinski definition) is 3. The maximum absolute atomic E-state index is 13.7. The lowest BCUT2D eigenvalue weighted by molar-refractivity contribution is -0.114. The Bertz CT molecular complexity index is 782. The van der Waals surface area contributed by atoms with Crippen molar-refractivity contribution in [1.29, 1.82) is 0 Å². The highest BCUT2D eigenvalue weighted by Crippen LogP contribution is 2.30. The Morgan fingerprint density at radius 2 is 1.64 bits per heavy atom. The van der Waals surface area contributed by atoms with E-state index in [0.29, 0.717) is 11.1 Å². The van der Waals surface area contributed by atoms with Gasteiger partial charge in [0.15, 0.2) is 0 Å². The monoisotopic (exact) mass is 298 g/mol. The Morgan fingerprint density at radius 3 is 2.18 bits per heavy atom. The van der Waals surface area contributed by atoms with E-state index in [1.807, 2.05) is 0 Å². The molecule has 22 heavy (non-hydrogen) atoms. The van der Waals surface area contributed by atoms with E-state index in [9.17, 15) is 18.8 Å². The van der Waals surface area contributed by atoms with Gasteiger partial charge in [-0.25, -0.2) is 9.29 Å². The fourth-order valence-corrected chi connectivity index (χ4v) is 2.36. The summed E-state index contributed by atoms with van der Waals surface area (Å²) in [7, 11) is 0. The van der Waals surface area contributed by atoms with Gasteiger partial charge in [-0.1, -0.05) is 12.1 Å². The molecule has 1 aliphatic heterocycles. The van der Waals surface area contributed by atoms with Crippen LogP contribution in [-0.4, -0.2) is 17.7 Å². The molecule has 0 atom stereocenters. The van der Waals surface area contributed by atoms with Crippen molar-refractivity contribution < 1.29 is 18.8 Å². The predicted octanol–water partition coefficient (Wildman–Crippen LogP) is 2.58. The van der Waals surface area contributed by atoms with Gasteiger partial charge in [0.25, 0.3) is 11.8 Å². The van der Waals surface area contributed by atoms with E-state index in [4.69, 9.17) is 0 Å². The number of benzene rings is 2. The van der Waals surface area contributed by atoms with Crippen LogP contribution >= 0.6 is 0 Å². The minimum absolute atomic E-state index is 0.0819. The Hall–Kier alpha value is -3.02. The molecule has 3 rings (SSSR count). The molecular weight excluding hydrogens is 287 g/mol. The van der Waals surface area contributed by atoms with Crippen LogP contribution in [0.15, 0.2) is 42.5 Å². The van der Waals surface area contributed by atoms with Crippen LogP contribution < -0.4 is 10.2 Å². The molecule has 1 aliphatic rings. The number of hydrogen-bond donors (Lipinski definition) is 1. The third-order valence-corrected chi connectivity index (χ3v) is 3.31. The number of imide groups is 1. The Balaban J connectivity index is 2.04. The summed E-state index contributed by atoms with van der Waals surface area (Å²) in [6.07, 6.45) is 0. The van der Waals surface area contributed by atoms with E-state index in [1.54, 1.807) is 24.3 Å². The summed E-state index contributed by atoms with van der Waals surface area (Å²) >= 11 is 0. The van der Waals surface area contributed by atoms with E-state index in [2.05, 4.69) is 5.32 Å². The van der Waals surface area contributed by atoms with Gasteiger partial charge in [0, 0.05) is 6.92 Å². The van der Waals surface area contributed by atoms with Crippen LogP contribution in [0.3, 0.4) is 0 Å². The van der Waals surface area contributed by atoms with Crippen LogP contribution in [0.25, 0.3) is 0 Å². The van der Waals surface area contributed by atoms with Crippen LogP contribution in [0.5, 0.6) is 0 Å². The smallest absolute Gasteiger partial charge is 0.266 e. The number of anilines is 2. The highest BCUT2D eigenvalue weighted by molar-refractivity contribution is 6.34. The Kier molecular flexibility index (Phi) is 3.21. The molecule has 0 bridgehead atoms. The summed E-state index contributed by atoms with van der Waals surface area (Å²) in [4.78, 5) is 36.7. The van der Waals surface area contributed by atoms with Crippen molar-refractivity contribution in [3.8, 4) is 0 Å². The fraction of sp³-hybridized carbons (Fsp3) is 0.0625. The second kappa shape index (κ2) is 5.07. The van der Waals surface area contributed by atoms with Crippen molar-refractivity contribution >= 4 is 29.1 Å². The zero-order valence-electron chi connectivity index (χ0n) is 11.6. The van der Waals surface area contributed by atoms with Crippen LogP contribution in [0.2, 0.25) is 0 Å². The minimum Gasteiger partial charge on any atom is -0.324 e. The third kappa shape index (κ3) is 2.14. The SMILES string of the molecule is CC(=O)Nc1cc(N2C(=O)c3ccccc3C2=O)ccc1F. The summed E-state index contributed by atoms with van der Waals surface area (Å²) in [5.74, 6) is -2.03. The Morgan fingerprint density at radius 1 is 1.05 bits per heavy atom. The Labute approximate surface area is 125 Å². The van der Waals surface area contributed by atoms with E-state index in [1.165, 1.54) is 19.1 Å². The fourth-order valence-electron chi connectivity index (χ4n) is 2.36. The van der Waals surface area contributed by atoms with Crippen LogP contribution in [0.4, 0.5) is 15.8 Å².